The monoisotopic (exact) mass is 319 g/mol. The van der Waals surface area contributed by atoms with Crippen molar-refractivity contribution in [3.05, 3.63) is 65.2 Å². The van der Waals surface area contributed by atoms with Gasteiger partial charge in [-0.3, -0.25) is 4.79 Å². The maximum absolute atomic E-state index is 11.8. The van der Waals surface area contributed by atoms with Crippen LogP contribution in [0.15, 0.2) is 54.6 Å². The van der Waals surface area contributed by atoms with Crippen LogP contribution in [0.4, 0.5) is 0 Å². The van der Waals surface area contributed by atoms with Crippen LogP contribution < -0.4 is 10.1 Å². The highest BCUT2D eigenvalue weighted by Crippen LogP contribution is 2.19. The van der Waals surface area contributed by atoms with Gasteiger partial charge in [0.15, 0.2) is 6.61 Å². The first-order chi connectivity index (χ1) is 10.6. The zero-order valence-corrected chi connectivity index (χ0v) is 13.0. The number of rotatable bonds is 6. The molecule has 2 unspecified atom stereocenters. The van der Waals surface area contributed by atoms with Crippen LogP contribution in [0.5, 0.6) is 5.75 Å². The first-order valence-electron chi connectivity index (χ1n) is 6.97. The Morgan fingerprint density at radius 2 is 1.82 bits per heavy atom. The van der Waals surface area contributed by atoms with Crippen LogP contribution in [0.2, 0.25) is 5.02 Å². The molecule has 22 heavy (non-hydrogen) atoms. The first kappa shape index (κ1) is 16.3. The third-order valence-corrected chi connectivity index (χ3v) is 3.44. The molecule has 0 spiro atoms. The van der Waals surface area contributed by atoms with Gasteiger partial charge in [0.25, 0.3) is 5.91 Å². The summed E-state index contributed by atoms with van der Waals surface area (Å²) >= 11 is 5.81. The lowest BCUT2D eigenvalue weighted by Gasteiger charge is -2.20. The van der Waals surface area contributed by atoms with Crippen molar-refractivity contribution >= 4 is 17.5 Å². The van der Waals surface area contributed by atoms with Gasteiger partial charge in [0.2, 0.25) is 0 Å². The minimum absolute atomic E-state index is 0.0955. The number of para-hydroxylation sites is 1. The fourth-order valence-electron chi connectivity index (χ4n) is 1.99. The normalized spacial score (nSPS) is 13.2. The molecule has 0 aliphatic carbocycles. The summed E-state index contributed by atoms with van der Waals surface area (Å²) in [6.45, 7) is 1.64. The van der Waals surface area contributed by atoms with E-state index < -0.39 is 12.1 Å². The average molecular weight is 320 g/mol. The quantitative estimate of drug-likeness (QED) is 0.860. The van der Waals surface area contributed by atoms with Crippen LogP contribution in [-0.4, -0.2) is 23.7 Å². The van der Waals surface area contributed by atoms with E-state index >= 15 is 0 Å². The van der Waals surface area contributed by atoms with Crippen LogP contribution in [0.25, 0.3) is 0 Å². The molecule has 0 radical (unpaired) electrons. The van der Waals surface area contributed by atoms with Gasteiger partial charge in [0.1, 0.15) is 5.75 Å². The Kier molecular flexibility index (Phi) is 5.81. The Morgan fingerprint density at radius 1 is 1.18 bits per heavy atom. The van der Waals surface area contributed by atoms with Crippen molar-refractivity contribution in [3.63, 3.8) is 0 Å². The van der Waals surface area contributed by atoms with Crippen molar-refractivity contribution in [2.45, 2.75) is 19.1 Å². The average Bonchev–Trinajstić information content (AvgIpc) is 2.54. The van der Waals surface area contributed by atoms with Gasteiger partial charge in [-0.2, -0.15) is 0 Å². The van der Waals surface area contributed by atoms with E-state index in [0.717, 1.165) is 0 Å². The SMILES string of the molecule is CC(NC(=O)COc1ccccc1)C(O)c1ccc(Cl)cc1. The fraction of sp³-hybridized carbons (Fsp3) is 0.235. The van der Waals surface area contributed by atoms with Crippen LogP contribution in [-0.2, 0) is 4.79 Å². The zero-order chi connectivity index (χ0) is 15.9. The van der Waals surface area contributed by atoms with E-state index in [4.69, 9.17) is 16.3 Å². The summed E-state index contributed by atoms with van der Waals surface area (Å²) in [5, 5.41) is 13.5. The van der Waals surface area contributed by atoms with Gasteiger partial charge >= 0.3 is 0 Å². The van der Waals surface area contributed by atoms with E-state index in [9.17, 15) is 9.90 Å². The summed E-state index contributed by atoms with van der Waals surface area (Å²) in [5.41, 5.74) is 0.696. The van der Waals surface area contributed by atoms with Gasteiger partial charge < -0.3 is 15.2 Å². The lowest BCUT2D eigenvalue weighted by molar-refractivity contribution is -0.124. The van der Waals surface area contributed by atoms with E-state index in [2.05, 4.69) is 5.32 Å². The summed E-state index contributed by atoms with van der Waals surface area (Å²) < 4.78 is 5.36. The number of aliphatic hydroxyl groups is 1. The second-order valence-electron chi connectivity index (χ2n) is 4.95. The number of hydrogen-bond donors (Lipinski definition) is 2. The molecular weight excluding hydrogens is 302 g/mol. The predicted molar refractivity (Wildman–Crippen MR) is 86.0 cm³/mol. The number of aliphatic hydroxyl groups excluding tert-OH is 1. The molecule has 2 atom stereocenters. The fourth-order valence-corrected chi connectivity index (χ4v) is 2.11. The molecule has 4 nitrogen and oxygen atoms in total. The number of hydrogen-bond acceptors (Lipinski definition) is 3. The van der Waals surface area contributed by atoms with E-state index in [1.54, 1.807) is 43.3 Å². The van der Waals surface area contributed by atoms with Gasteiger partial charge in [-0.15, -0.1) is 0 Å². The largest absolute Gasteiger partial charge is 0.484 e. The Morgan fingerprint density at radius 3 is 2.45 bits per heavy atom. The van der Waals surface area contributed by atoms with Crippen molar-refractivity contribution in [2.75, 3.05) is 6.61 Å². The third kappa shape index (κ3) is 4.76. The van der Waals surface area contributed by atoms with Gasteiger partial charge in [-0.25, -0.2) is 0 Å². The van der Waals surface area contributed by atoms with Crippen LogP contribution in [0, 0.1) is 0 Å². The van der Waals surface area contributed by atoms with Crippen molar-refractivity contribution < 1.29 is 14.6 Å². The van der Waals surface area contributed by atoms with Gasteiger partial charge in [0, 0.05) is 5.02 Å². The standard InChI is InChI=1S/C17H18ClNO3/c1-12(17(21)13-7-9-14(18)10-8-13)19-16(20)11-22-15-5-3-2-4-6-15/h2-10,12,17,21H,11H2,1H3,(H,19,20). The van der Waals surface area contributed by atoms with E-state index in [1.165, 1.54) is 0 Å². The molecule has 2 rings (SSSR count). The van der Waals surface area contributed by atoms with Gasteiger partial charge in [-0.1, -0.05) is 41.9 Å². The third-order valence-electron chi connectivity index (χ3n) is 3.19. The second-order valence-corrected chi connectivity index (χ2v) is 5.39. The number of halogens is 1. The van der Waals surface area contributed by atoms with Crippen LogP contribution >= 0.6 is 11.6 Å². The predicted octanol–water partition coefficient (Wildman–Crippen LogP) is 2.96. The highest BCUT2D eigenvalue weighted by atomic mass is 35.5. The molecule has 0 aliphatic heterocycles. The van der Waals surface area contributed by atoms with Crippen molar-refractivity contribution in [3.8, 4) is 5.75 Å². The highest BCUT2D eigenvalue weighted by molar-refractivity contribution is 6.30. The minimum Gasteiger partial charge on any atom is -0.484 e. The van der Waals surface area contributed by atoms with E-state index in [-0.39, 0.29) is 12.5 Å². The maximum Gasteiger partial charge on any atom is 0.258 e. The Bertz CT molecular complexity index is 601. The summed E-state index contributed by atoms with van der Waals surface area (Å²) in [4.78, 5) is 11.8. The molecule has 0 bridgehead atoms. The molecule has 2 N–H and O–H groups in total. The summed E-state index contributed by atoms with van der Waals surface area (Å²) in [5.74, 6) is 0.341. The second kappa shape index (κ2) is 7.82. The molecular formula is C17H18ClNO3. The van der Waals surface area contributed by atoms with Crippen LogP contribution in [0.3, 0.4) is 0 Å². The molecule has 0 fully saturated rings. The van der Waals surface area contributed by atoms with E-state index in [1.807, 2.05) is 18.2 Å². The molecule has 0 heterocycles. The van der Waals surface area contributed by atoms with E-state index in [0.29, 0.717) is 16.3 Å². The topological polar surface area (TPSA) is 58.6 Å². The molecule has 116 valence electrons. The lowest BCUT2D eigenvalue weighted by atomic mass is 10.0. The zero-order valence-electron chi connectivity index (χ0n) is 12.2. The summed E-state index contributed by atoms with van der Waals surface area (Å²) in [6, 6.07) is 15.5. The molecule has 2 aromatic carbocycles. The van der Waals surface area contributed by atoms with Gasteiger partial charge in [-0.05, 0) is 36.8 Å². The number of carbonyl (C=O) groups is 1. The minimum atomic E-state index is -0.807. The first-order valence-corrected chi connectivity index (χ1v) is 7.35. The van der Waals surface area contributed by atoms with Crippen LogP contribution in [0.1, 0.15) is 18.6 Å². The number of nitrogens with one attached hydrogen (secondary N) is 1. The number of amides is 1. The molecule has 0 aliphatic rings. The number of ether oxygens (including phenoxy) is 1. The molecule has 0 saturated carbocycles. The summed E-state index contributed by atoms with van der Waals surface area (Å²) in [7, 11) is 0. The highest BCUT2D eigenvalue weighted by Gasteiger charge is 2.18. The molecule has 1 amide bonds. The Balaban J connectivity index is 1.84. The molecule has 2 aromatic rings. The molecule has 0 aromatic heterocycles. The lowest BCUT2D eigenvalue weighted by Crippen LogP contribution is -2.39. The van der Waals surface area contributed by atoms with Gasteiger partial charge in [0.05, 0.1) is 12.1 Å². The number of benzene rings is 2. The Labute approximate surface area is 134 Å². The van der Waals surface area contributed by atoms with Crippen molar-refractivity contribution in [1.29, 1.82) is 0 Å². The Hall–Kier alpha value is -2.04. The molecule has 0 saturated heterocycles. The molecule has 5 heteroatoms. The smallest absolute Gasteiger partial charge is 0.258 e. The summed E-state index contributed by atoms with van der Waals surface area (Å²) in [6.07, 6.45) is -0.807. The number of carbonyl (C=O) groups excluding carboxylic acids is 1. The van der Waals surface area contributed by atoms with Crippen molar-refractivity contribution in [2.24, 2.45) is 0 Å². The van der Waals surface area contributed by atoms with Crippen molar-refractivity contribution in [1.82, 2.24) is 5.32 Å². The maximum atomic E-state index is 11.8.